The van der Waals surface area contributed by atoms with Crippen molar-refractivity contribution in [2.75, 3.05) is 5.32 Å². The summed E-state index contributed by atoms with van der Waals surface area (Å²) in [5.41, 5.74) is 0.735. The Morgan fingerprint density at radius 2 is 1.92 bits per heavy atom. The standard InChI is InChI=1S/C17H17F3N4O2/c1-16(2,3)12-8-14(26-23-12)22-13(25)9-24-11-7-5-4-6-10(11)21-15(24)17(18,19)20/h4-8H,9H2,1-3H3,(H,22,25). The van der Waals surface area contributed by atoms with E-state index in [1.165, 1.54) is 12.1 Å². The number of aromatic nitrogens is 3. The summed E-state index contributed by atoms with van der Waals surface area (Å²) < 4.78 is 45.6. The van der Waals surface area contributed by atoms with E-state index in [1.54, 1.807) is 18.2 Å². The Kier molecular flexibility index (Phi) is 4.25. The van der Waals surface area contributed by atoms with Gasteiger partial charge >= 0.3 is 6.18 Å². The van der Waals surface area contributed by atoms with Gasteiger partial charge in [-0.25, -0.2) is 4.98 Å². The fourth-order valence-corrected chi connectivity index (χ4v) is 2.46. The monoisotopic (exact) mass is 366 g/mol. The summed E-state index contributed by atoms with van der Waals surface area (Å²) in [5.74, 6) is -1.71. The quantitative estimate of drug-likeness (QED) is 0.761. The third-order valence-corrected chi connectivity index (χ3v) is 3.75. The van der Waals surface area contributed by atoms with Crippen molar-refractivity contribution >= 4 is 22.8 Å². The molecule has 0 saturated heterocycles. The van der Waals surface area contributed by atoms with Gasteiger partial charge in [0, 0.05) is 11.5 Å². The van der Waals surface area contributed by atoms with Gasteiger partial charge < -0.3 is 9.09 Å². The van der Waals surface area contributed by atoms with Gasteiger partial charge in [0.05, 0.1) is 16.7 Å². The lowest BCUT2D eigenvalue weighted by atomic mass is 9.92. The highest BCUT2D eigenvalue weighted by atomic mass is 19.4. The topological polar surface area (TPSA) is 73.0 Å². The van der Waals surface area contributed by atoms with Crippen LogP contribution < -0.4 is 5.32 Å². The number of alkyl halides is 3. The van der Waals surface area contributed by atoms with Crippen LogP contribution in [0.2, 0.25) is 0 Å². The molecule has 1 amide bonds. The Bertz CT molecular complexity index is 951. The summed E-state index contributed by atoms with van der Waals surface area (Å²) in [6, 6.07) is 7.67. The maximum Gasteiger partial charge on any atom is 0.449 e. The van der Waals surface area contributed by atoms with Crippen LogP contribution in [0.5, 0.6) is 0 Å². The van der Waals surface area contributed by atoms with Crippen molar-refractivity contribution in [2.24, 2.45) is 0 Å². The van der Waals surface area contributed by atoms with Crippen LogP contribution in [0, 0.1) is 0 Å². The molecule has 0 radical (unpaired) electrons. The minimum atomic E-state index is -4.68. The number of anilines is 1. The van der Waals surface area contributed by atoms with E-state index in [-0.39, 0.29) is 22.3 Å². The summed E-state index contributed by atoms with van der Waals surface area (Å²) >= 11 is 0. The van der Waals surface area contributed by atoms with E-state index >= 15 is 0 Å². The minimum absolute atomic E-state index is 0.0814. The number of hydrogen-bond acceptors (Lipinski definition) is 4. The number of benzene rings is 1. The van der Waals surface area contributed by atoms with Crippen molar-refractivity contribution in [3.8, 4) is 0 Å². The van der Waals surface area contributed by atoms with E-state index in [0.29, 0.717) is 5.69 Å². The number of imidazole rings is 1. The second-order valence-electron chi connectivity index (χ2n) is 6.88. The zero-order valence-electron chi connectivity index (χ0n) is 14.4. The Labute approximate surface area is 147 Å². The van der Waals surface area contributed by atoms with Gasteiger partial charge in [-0.15, -0.1) is 0 Å². The largest absolute Gasteiger partial charge is 0.449 e. The Morgan fingerprint density at radius 3 is 2.54 bits per heavy atom. The predicted molar refractivity (Wildman–Crippen MR) is 88.6 cm³/mol. The van der Waals surface area contributed by atoms with Crippen molar-refractivity contribution in [3.63, 3.8) is 0 Å². The van der Waals surface area contributed by atoms with E-state index in [4.69, 9.17) is 4.52 Å². The molecule has 0 unspecified atom stereocenters. The number of carbonyl (C=O) groups is 1. The molecule has 0 aliphatic heterocycles. The van der Waals surface area contributed by atoms with Gasteiger partial charge in [-0.05, 0) is 12.1 Å². The van der Waals surface area contributed by atoms with Gasteiger partial charge in [0.15, 0.2) is 0 Å². The normalized spacial score (nSPS) is 12.5. The van der Waals surface area contributed by atoms with Crippen molar-refractivity contribution in [1.29, 1.82) is 0 Å². The molecule has 9 heteroatoms. The molecule has 2 heterocycles. The summed E-state index contributed by atoms with van der Waals surface area (Å²) in [7, 11) is 0. The van der Waals surface area contributed by atoms with Gasteiger partial charge in [-0.3, -0.25) is 10.1 Å². The van der Waals surface area contributed by atoms with Gasteiger partial charge in [-0.2, -0.15) is 13.2 Å². The van der Waals surface area contributed by atoms with Gasteiger partial charge in [-0.1, -0.05) is 38.1 Å². The highest BCUT2D eigenvalue weighted by Crippen LogP contribution is 2.31. The molecule has 0 atom stereocenters. The zero-order chi connectivity index (χ0) is 19.1. The predicted octanol–water partition coefficient (Wildman–Crippen LogP) is 3.98. The summed E-state index contributed by atoms with van der Waals surface area (Å²) in [6.45, 7) is 5.21. The van der Waals surface area contributed by atoms with Crippen LogP contribution in [-0.2, 0) is 22.9 Å². The maximum atomic E-state index is 13.3. The second kappa shape index (κ2) is 6.15. The molecule has 1 N–H and O–H groups in total. The smallest absolute Gasteiger partial charge is 0.338 e. The lowest BCUT2D eigenvalue weighted by Gasteiger charge is -2.12. The Morgan fingerprint density at radius 1 is 1.23 bits per heavy atom. The van der Waals surface area contributed by atoms with Crippen molar-refractivity contribution < 1.29 is 22.5 Å². The molecule has 0 bridgehead atoms. The molecular formula is C17H17F3N4O2. The average Bonchev–Trinajstić information content (AvgIpc) is 3.12. The number of carbonyl (C=O) groups excluding carboxylic acids is 1. The molecule has 3 aromatic rings. The van der Waals surface area contributed by atoms with Crippen LogP contribution >= 0.6 is 0 Å². The first-order chi connectivity index (χ1) is 12.1. The molecule has 0 aliphatic carbocycles. The van der Waals surface area contributed by atoms with E-state index in [0.717, 1.165) is 4.57 Å². The number of nitrogens with one attached hydrogen (secondary N) is 1. The first-order valence-corrected chi connectivity index (χ1v) is 7.85. The van der Waals surface area contributed by atoms with E-state index in [9.17, 15) is 18.0 Å². The summed E-state index contributed by atoms with van der Waals surface area (Å²) in [5, 5.41) is 6.29. The van der Waals surface area contributed by atoms with Crippen LogP contribution in [0.3, 0.4) is 0 Å². The first-order valence-electron chi connectivity index (χ1n) is 7.85. The number of para-hydroxylation sites is 2. The highest BCUT2D eigenvalue weighted by Gasteiger charge is 2.38. The third kappa shape index (κ3) is 3.56. The van der Waals surface area contributed by atoms with E-state index in [2.05, 4.69) is 15.5 Å². The number of nitrogens with zero attached hydrogens (tertiary/aromatic N) is 3. The molecular weight excluding hydrogens is 349 g/mol. The van der Waals surface area contributed by atoms with Crippen LogP contribution in [0.15, 0.2) is 34.9 Å². The fraction of sp³-hybridized carbons (Fsp3) is 0.353. The molecule has 3 rings (SSSR count). The van der Waals surface area contributed by atoms with Crippen LogP contribution in [-0.4, -0.2) is 20.6 Å². The molecule has 138 valence electrons. The average molecular weight is 366 g/mol. The highest BCUT2D eigenvalue weighted by molar-refractivity contribution is 5.90. The first kappa shape index (κ1) is 18.0. The lowest BCUT2D eigenvalue weighted by molar-refractivity contribution is -0.147. The SMILES string of the molecule is CC(C)(C)c1cc(NC(=O)Cn2c(C(F)(F)F)nc3ccccc32)on1. The van der Waals surface area contributed by atoms with Gasteiger partial charge in [0.1, 0.15) is 6.54 Å². The van der Waals surface area contributed by atoms with Crippen molar-refractivity contribution in [1.82, 2.24) is 14.7 Å². The van der Waals surface area contributed by atoms with E-state index < -0.39 is 24.5 Å². The minimum Gasteiger partial charge on any atom is -0.338 e. The third-order valence-electron chi connectivity index (χ3n) is 3.75. The number of rotatable bonds is 3. The molecule has 1 aromatic carbocycles. The van der Waals surface area contributed by atoms with Crippen LogP contribution in [0.25, 0.3) is 11.0 Å². The Hall–Kier alpha value is -2.84. The summed E-state index contributed by atoms with van der Waals surface area (Å²) in [4.78, 5) is 15.8. The molecule has 0 spiro atoms. The molecule has 26 heavy (non-hydrogen) atoms. The van der Waals surface area contributed by atoms with Gasteiger partial charge in [0.25, 0.3) is 0 Å². The lowest BCUT2D eigenvalue weighted by Crippen LogP contribution is -2.23. The van der Waals surface area contributed by atoms with Gasteiger partial charge in [0.2, 0.25) is 17.6 Å². The number of fused-ring (bicyclic) bond motifs is 1. The molecule has 6 nitrogen and oxygen atoms in total. The van der Waals surface area contributed by atoms with Crippen LogP contribution in [0.1, 0.15) is 32.3 Å². The number of halogens is 3. The fourth-order valence-electron chi connectivity index (χ4n) is 2.46. The van der Waals surface area contributed by atoms with Crippen molar-refractivity contribution in [2.45, 2.75) is 38.9 Å². The maximum absolute atomic E-state index is 13.3. The van der Waals surface area contributed by atoms with E-state index in [1.807, 2.05) is 20.8 Å². The second-order valence-corrected chi connectivity index (χ2v) is 6.88. The van der Waals surface area contributed by atoms with Crippen LogP contribution in [0.4, 0.5) is 19.1 Å². The van der Waals surface area contributed by atoms with Crippen molar-refractivity contribution in [3.05, 3.63) is 41.9 Å². The Balaban J connectivity index is 1.86. The summed E-state index contributed by atoms with van der Waals surface area (Å²) in [6.07, 6.45) is -4.68. The molecule has 0 saturated carbocycles. The number of amides is 1. The zero-order valence-corrected chi connectivity index (χ0v) is 14.4. The molecule has 0 aliphatic rings. The molecule has 0 fully saturated rings. The number of hydrogen-bond donors (Lipinski definition) is 1. The molecule has 2 aromatic heterocycles.